The zero-order valence-corrected chi connectivity index (χ0v) is 19.0. The number of methoxy groups -OCH3 is 2. The number of ether oxygens (including phenoxy) is 3. The summed E-state index contributed by atoms with van der Waals surface area (Å²) in [7, 11) is 3.30. The lowest BCUT2D eigenvalue weighted by Gasteiger charge is -2.16. The molecule has 2 rings (SSSR count). The highest BCUT2D eigenvalue weighted by Gasteiger charge is 2.10. The van der Waals surface area contributed by atoms with Crippen molar-refractivity contribution >= 4 is 5.96 Å². The maximum Gasteiger partial charge on any atom is 0.191 e. The summed E-state index contributed by atoms with van der Waals surface area (Å²) >= 11 is 0. The molecule has 0 aliphatic rings. The maximum atomic E-state index is 10.5. The van der Waals surface area contributed by atoms with E-state index < -0.39 is 6.10 Å². The van der Waals surface area contributed by atoms with Gasteiger partial charge in [0.1, 0.15) is 11.5 Å². The number of hydrogen-bond acceptors (Lipinski definition) is 5. The first-order valence-corrected chi connectivity index (χ1v) is 10.6. The van der Waals surface area contributed by atoms with Gasteiger partial charge in [0.05, 0.1) is 26.4 Å². The minimum atomic E-state index is -0.682. The Balaban J connectivity index is 2.01. The van der Waals surface area contributed by atoms with Gasteiger partial charge in [0.15, 0.2) is 5.96 Å². The molecule has 7 heteroatoms. The second kappa shape index (κ2) is 13.5. The molecule has 0 aromatic heterocycles. The molecule has 0 aliphatic heterocycles. The van der Waals surface area contributed by atoms with Crippen LogP contribution in [0.5, 0.6) is 11.5 Å². The predicted molar refractivity (Wildman–Crippen MR) is 124 cm³/mol. The van der Waals surface area contributed by atoms with E-state index >= 15 is 0 Å². The second-order valence-corrected chi connectivity index (χ2v) is 7.17. The van der Waals surface area contributed by atoms with Crippen LogP contribution in [0.25, 0.3) is 0 Å². The zero-order chi connectivity index (χ0) is 22.5. The average Bonchev–Trinajstić information content (AvgIpc) is 2.79. The largest absolute Gasteiger partial charge is 0.497 e. The molecule has 170 valence electrons. The molecular weight excluding hydrogens is 394 g/mol. The quantitative estimate of drug-likeness (QED) is 0.273. The van der Waals surface area contributed by atoms with Gasteiger partial charge in [-0.2, -0.15) is 0 Å². The van der Waals surface area contributed by atoms with Crippen LogP contribution in [-0.4, -0.2) is 51.6 Å². The number of rotatable bonds is 12. The fourth-order valence-corrected chi connectivity index (χ4v) is 2.98. The van der Waals surface area contributed by atoms with Gasteiger partial charge in [-0.05, 0) is 43.2 Å². The molecule has 0 aliphatic carbocycles. The molecule has 0 amide bonds. The van der Waals surface area contributed by atoms with Gasteiger partial charge >= 0.3 is 0 Å². The second-order valence-electron chi connectivity index (χ2n) is 7.17. The summed E-state index contributed by atoms with van der Waals surface area (Å²) in [5, 5.41) is 17.0. The van der Waals surface area contributed by atoms with Gasteiger partial charge < -0.3 is 30.0 Å². The Morgan fingerprint density at radius 1 is 1.10 bits per heavy atom. The number of nitrogens with one attached hydrogen (secondary N) is 2. The number of nitrogens with zero attached hydrogens (tertiary/aromatic N) is 1. The van der Waals surface area contributed by atoms with E-state index in [-0.39, 0.29) is 0 Å². The third-order valence-corrected chi connectivity index (χ3v) is 4.67. The van der Waals surface area contributed by atoms with Crippen molar-refractivity contribution in [2.75, 3.05) is 40.5 Å². The fraction of sp³-hybridized carbons (Fsp3) is 0.458. The summed E-state index contributed by atoms with van der Waals surface area (Å²) < 4.78 is 16.3. The van der Waals surface area contributed by atoms with Gasteiger partial charge in [-0.1, -0.05) is 24.3 Å². The Morgan fingerprint density at radius 2 is 1.94 bits per heavy atom. The summed E-state index contributed by atoms with van der Waals surface area (Å²) in [6.07, 6.45) is 0.150. The van der Waals surface area contributed by atoms with Gasteiger partial charge in [-0.3, -0.25) is 0 Å². The standard InChI is InChI=1S/C24H35N3O4/c1-5-25-24(27-17-22(28)19-8-6-9-21(15-19)30-4)26-16-20-11-10-18(2)14-23(20)31-13-7-12-29-3/h6,8-11,14-15,22,28H,5,7,12-13,16-17H2,1-4H3,(H2,25,26,27). The van der Waals surface area contributed by atoms with Crippen LogP contribution >= 0.6 is 0 Å². The summed E-state index contributed by atoms with van der Waals surface area (Å²) in [5.74, 6) is 2.19. The number of aryl methyl sites for hydroxylation is 1. The van der Waals surface area contributed by atoms with Gasteiger partial charge in [0.2, 0.25) is 0 Å². The zero-order valence-electron chi connectivity index (χ0n) is 19.0. The summed E-state index contributed by atoms with van der Waals surface area (Å²) in [6, 6.07) is 13.5. The van der Waals surface area contributed by atoms with E-state index in [2.05, 4.69) is 21.7 Å². The van der Waals surface area contributed by atoms with Gasteiger partial charge in [-0.25, -0.2) is 4.99 Å². The van der Waals surface area contributed by atoms with E-state index in [1.54, 1.807) is 14.2 Å². The Morgan fingerprint density at radius 3 is 2.68 bits per heavy atom. The molecule has 31 heavy (non-hydrogen) atoms. The lowest BCUT2D eigenvalue weighted by Crippen LogP contribution is -2.39. The van der Waals surface area contributed by atoms with E-state index in [1.165, 1.54) is 0 Å². The smallest absolute Gasteiger partial charge is 0.191 e. The number of hydrogen-bond donors (Lipinski definition) is 3. The maximum absolute atomic E-state index is 10.5. The van der Waals surface area contributed by atoms with E-state index in [1.807, 2.05) is 50.2 Å². The normalized spacial score (nSPS) is 12.4. The Bertz CT molecular complexity index is 826. The van der Waals surface area contributed by atoms with Crippen molar-refractivity contribution in [1.29, 1.82) is 0 Å². The highest BCUT2D eigenvalue weighted by molar-refractivity contribution is 5.79. The van der Waals surface area contributed by atoms with Crippen LogP contribution in [0.1, 0.15) is 36.1 Å². The van der Waals surface area contributed by atoms with Crippen molar-refractivity contribution in [3.8, 4) is 11.5 Å². The monoisotopic (exact) mass is 429 g/mol. The fourth-order valence-electron chi connectivity index (χ4n) is 2.98. The molecule has 2 aromatic carbocycles. The third kappa shape index (κ3) is 8.47. The van der Waals surface area contributed by atoms with Crippen molar-refractivity contribution < 1.29 is 19.3 Å². The van der Waals surface area contributed by atoms with E-state index in [4.69, 9.17) is 14.2 Å². The molecule has 1 atom stereocenters. The van der Waals surface area contributed by atoms with Crippen molar-refractivity contribution in [2.45, 2.75) is 32.9 Å². The highest BCUT2D eigenvalue weighted by Crippen LogP contribution is 2.22. The van der Waals surface area contributed by atoms with Crippen LogP contribution in [-0.2, 0) is 11.3 Å². The van der Waals surface area contributed by atoms with Crippen LogP contribution in [0.2, 0.25) is 0 Å². The summed E-state index contributed by atoms with van der Waals surface area (Å²) in [6.45, 7) is 6.82. The molecular formula is C24H35N3O4. The van der Waals surface area contributed by atoms with E-state index in [0.717, 1.165) is 41.2 Å². The third-order valence-electron chi connectivity index (χ3n) is 4.67. The average molecular weight is 430 g/mol. The van der Waals surface area contributed by atoms with Crippen molar-refractivity contribution in [3.63, 3.8) is 0 Å². The lowest BCUT2D eigenvalue weighted by molar-refractivity contribution is 0.172. The molecule has 1 unspecified atom stereocenters. The van der Waals surface area contributed by atoms with Crippen LogP contribution < -0.4 is 20.1 Å². The Labute approximate surface area is 185 Å². The first-order chi connectivity index (χ1) is 15.1. The molecule has 2 aromatic rings. The Kier molecular flexibility index (Phi) is 10.7. The van der Waals surface area contributed by atoms with E-state index in [9.17, 15) is 5.11 Å². The first kappa shape index (κ1) is 24.5. The van der Waals surface area contributed by atoms with Crippen LogP contribution in [0.15, 0.2) is 47.5 Å². The molecule has 0 bridgehead atoms. The van der Waals surface area contributed by atoms with Gasteiger partial charge in [-0.15, -0.1) is 0 Å². The van der Waals surface area contributed by atoms with Crippen molar-refractivity contribution in [1.82, 2.24) is 10.6 Å². The number of aliphatic hydroxyl groups excluding tert-OH is 1. The van der Waals surface area contributed by atoms with Crippen LogP contribution in [0, 0.1) is 6.92 Å². The molecule has 0 heterocycles. The predicted octanol–water partition coefficient (Wildman–Crippen LogP) is 3.21. The Hall–Kier alpha value is -2.77. The molecule has 3 N–H and O–H groups in total. The number of guanidine groups is 1. The minimum absolute atomic E-state index is 0.327. The summed E-state index contributed by atoms with van der Waals surface area (Å²) in [5.41, 5.74) is 2.93. The minimum Gasteiger partial charge on any atom is -0.497 e. The van der Waals surface area contributed by atoms with Crippen molar-refractivity contribution in [3.05, 3.63) is 59.2 Å². The highest BCUT2D eigenvalue weighted by atomic mass is 16.5. The van der Waals surface area contributed by atoms with Gasteiger partial charge in [0, 0.05) is 38.8 Å². The molecule has 0 spiro atoms. The van der Waals surface area contributed by atoms with Gasteiger partial charge in [0.25, 0.3) is 0 Å². The van der Waals surface area contributed by atoms with E-state index in [0.29, 0.717) is 32.3 Å². The number of aliphatic hydroxyl groups is 1. The SMILES string of the molecule is CCNC(=NCc1ccc(C)cc1OCCCOC)NCC(O)c1cccc(OC)c1. The van der Waals surface area contributed by atoms with Crippen LogP contribution in [0.4, 0.5) is 0 Å². The number of benzene rings is 2. The molecule has 0 radical (unpaired) electrons. The summed E-state index contributed by atoms with van der Waals surface area (Å²) in [4.78, 5) is 4.67. The first-order valence-electron chi connectivity index (χ1n) is 10.6. The molecule has 0 saturated carbocycles. The van der Waals surface area contributed by atoms with Crippen molar-refractivity contribution in [2.24, 2.45) is 4.99 Å². The van der Waals surface area contributed by atoms with Crippen LogP contribution in [0.3, 0.4) is 0 Å². The molecule has 0 saturated heterocycles. The molecule has 7 nitrogen and oxygen atoms in total. The lowest BCUT2D eigenvalue weighted by atomic mass is 10.1. The molecule has 0 fully saturated rings. The topological polar surface area (TPSA) is 84.3 Å². The number of aliphatic imine (C=N–C) groups is 1.